The number of benzene rings is 4. The number of rotatable bonds is 19. The molecule has 4 aromatic rings. The van der Waals surface area contributed by atoms with E-state index in [-0.39, 0.29) is 65.7 Å². The number of hydrogen-bond acceptors (Lipinski definition) is 11. The summed E-state index contributed by atoms with van der Waals surface area (Å²) in [5.74, 6) is -1.19. The lowest BCUT2D eigenvalue weighted by Crippen LogP contribution is -2.18. The molecule has 1 amide bonds. The Bertz CT molecular complexity index is 1740. The van der Waals surface area contributed by atoms with Crippen molar-refractivity contribution in [3.8, 4) is 17.2 Å². The van der Waals surface area contributed by atoms with Crippen LogP contribution in [0.5, 0.6) is 17.2 Å². The van der Waals surface area contributed by atoms with E-state index in [1.54, 1.807) is 21.0 Å². The molecular weight excluding hydrogens is 636 g/mol. The van der Waals surface area contributed by atoms with Gasteiger partial charge in [-0.25, -0.2) is 4.79 Å². The molecule has 260 valence electrons. The molecule has 0 fully saturated rings. The smallest absolute Gasteiger partial charge is 0.337 e. The highest BCUT2D eigenvalue weighted by atomic mass is 16.6. The Kier molecular flexibility index (Phi) is 13.7. The van der Waals surface area contributed by atoms with Gasteiger partial charge in [0.2, 0.25) is 0 Å². The summed E-state index contributed by atoms with van der Waals surface area (Å²) in [6.45, 7) is 5.26. The highest BCUT2D eigenvalue weighted by Crippen LogP contribution is 2.37. The lowest BCUT2D eigenvalue weighted by Gasteiger charge is -2.18. The van der Waals surface area contributed by atoms with Crippen molar-refractivity contribution in [1.82, 2.24) is 0 Å². The van der Waals surface area contributed by atoms with Crippen LogP contribution in [0.3, 0.4) is 0 Å². The molecule has 4 aromatic carbocycles. The quantitative estimate of drug-likeness (QED) is 0.0522. The molecule has 0 heterocycles. The largest absolute Gasteiger partial charge is 0.490 e. The minimum atomic E-state index is -0.660. The molecule has 13 heteroatoms. The van der Waals surface area contributed by atoms with E-state index in [1.807, 2.05) is 42.5 Å². The summed E-state index contributed by atoms with van der Waals surface area (Å²) in [5, 5.41) is 17.0. The van der Waals surface area contributed by atoms with Gasteiger partial charge in [-0.15, -0.1) is 0 Å². The van der Waals surface area contributed by atoms with E-state index in [0.717, 1.165) is 22.4 Å². The van der Waals surface area contributed by atoms with E-state index in [1.165, 1.54) is 31.4 Å². The SMILES string of the molecule is COCCOCCOCCOc1cc([N+](=O)[O-])c(OCc2ccc3ccccc3c2)cc1C(=O)Nc1ccc(C(=O)OC)cc1OC(C)C. The fourth-order valence-corrected chi connectivity index (χ4v) is 4.68. The Morgan fingerprint density at radius 2 is 1.49 bits per heavy atom. The van der Waals surface area contributed by atoms with Gasteiger partial charge in [-0.2, -0.15) is 0 Å². The summed E-state index contributed by atoms with van der Waals surface area (Å²) in [6.07, 6.45) is -0.290. The van der Waals surface area contributed by atoms with Gasteiger partial charge < -0.3 is 38.5 Å². The van der Waals surface area contributed by atoms with Gasteiger partial charge >= 0.3 is 11.7 Å². The second-order valence-corrected chi connectivity index (χ2v) is 10.9. The van der Waals surface area contributed by atoms with E-state index in [4.69, 9.17) is 33.2 Å². The van der Waals surface area contributed by atoms with Crippen LogP contribution in [0, 0.1) is 10.1 Å². The second kappa shape index (κ2) is 18.3. The van der Waals surface area contributed by atoms with Crippen molar-refractivity contribution in [2.75, 3.05) is 59.2 Å². The molecule has 49 heavy (non-hydrogen) atoms. The Morgan fingerprint density at radius 1 is 0.776 bits per heavy atom. The molecule has 1 N–H and O–H groups in total. The third kappa shape index (κ3) is 10.6. The van der Waals surface area contributed by atoms with Crippen molar-refractivity contribution >= 4 is 34.0 Å². The number of esters is 1. The number of ether oxygens (including phenoxy) is 7. The molecule has 4 rings (SSSR count). The van der Waals surface area contributed by atoms with Crippen LogP contribution in [-0.4, -0.2) is 76.8 Å². The zero-order valence-electron chi connectivity index (χ0n) is 27.9. The van der Waals surface area contributed by atoms with Crippen molar-refractivity contribution < 1.29 is 47.7 Å². The summed E-state index contributed by atoms with van der Waals surface area (Å²) >= 11 is 0. The highest BCUT2D eigenvalue weighted by Gasteiger charge is 2.25. The maximum atomic E-state index is 13.8. The van der Waals surface area contributed by atoms with Crippen LogP contribution in [0.25, 0.3) is 10.8 Å². The molecule has 0 aliphatic heterocycles. The number of anilines is 1. The third-order valence-electron chi connectivity index (χ3n) is 7.01. The number of nitrogens with zero attached hydrogens (tertiary/aromatic N) is 1. The average Bonchev–Trinajstić information content (AvgIpc) is 3.09. The highest BCUT2D eigenvalue weighted by molar-refractivity contribution is 6.08. The molecule has 0 radical (unpaired) electrons. The average molecular weight is 677 g/mol. The van der Waals surface area contributed by atoms with Crippen LogP contribution in [0.1, 0.15) is 40.1 Å². The molecule has 0 saturated carbocycles. The molecule has 0 spiro atoms. The zero-order chi connectivity index (χ0) is 35.2. The van der Waals surface area contributed by atoms with Gasteiger partial charge in [-0.1, -0.05) is 36.4 Å². The van der Waals surface area contributed by atoms with E-state index >= 15 is 0 Å². The molecule has 0 unspecified atom stereocenters. The number of carbonyl (C=O) groups excluding carboxylic acids is 2. The Balaban J connectivity index is 1.60. The molecule has 0 atom stereocenters. The fourth-order valence-electron chi connectivity index (χ4n) is 4.68. The molecule has 0 bridgehead atoms. The third-order valence-corrected chi connectivity index (χ3v) is 7.01. The Morgan fingerprint density at radius 3 is 2.18 bits per heavy atom. The van der Waals surface area contributed by atoms with Crippen LogP contribution in [0.15, 0.2) is 72.8 Å². The van der Waals surface area contributed by atoms with E-state index < -0.39 is 16.8 Å². The Labute approximate surface area is 284 Å². The summed E-state index contributed by atoms with van der Waals surface area (Å²) in [5.41, 5.74) is 0.847. The molecular formula is C36H40N2O11. The van der Waals surface area contributed by atoms with E-state index in [0.29, 0.717) is 26.4 Å². The van der Waals surface area contributed by atoms with Gasteiger partial charge in [0.15, 0.2) is 5.75 Å². The molecule has 0 aliphatic rings. The van der Waals surface area contributed by atoms with Gasteiger partial charge in [0, 0.05) is 13.2 Å². The van der Waals surface area contributed by atoms with Crippen molar-refractivity contribution in [3.63, 3.8) is 0 Å². The molecule has 0 aromatic heterocycles. The number of methoxy groups -OCH3 is 2. The van der Waals surface area contributed by atoms with Crippen molar-refractivity contribution in [2.45, 2.75) is 26.6 Å². The number of nitro benzene ring substituents is 1. The summed E-state index contributed by atoms with van der Waals surface area (Å²) in [6, 6.07) is 20.4. The lowest BCUT2D eigenvalue weighted by atomic mass is 10.1. The van der Waals surface area contributed by atoms with Gasteiger partial charge in [0.1, 0.15) is 24.7 Å². The number of fused-ring (bicyclic) bond motifs is 1. The fraction of sp³-hybridized carbons (Fsp3) is 0.333. The first-order chi connectivity index (χ1) is 23.7. The van der Waals surface area contributed by atoms with E-state index in [9.17, 15) is 19.7 Å². The first-order valence-electron chi connectivity index (χ1n) is 15.6. The predicted molar refractivity (Wildman–Crippen MR) is 182 cm³/mol. The second-order valence-electron chi connectivity index (χ2n) is 10.9. The standard InChI is InChI=1S/C36H40N2O11/c1-24(2)49-33-20-28(36(40)44-4)11-12-30(33)37-35(39)29-21-34(48-23-25-9-10-26-7-5-6-8-27(26)19-25)31(38(41)42)22-32(29)47-18-17-46-16-15-45-14-13-43-3/h5-12,19-22,24H,13-18,23H2,1-4H3,(H,37,39). The van der Waals surface area contributed by atoms with Crippen LogP contribution >= 0.6 is 0 Å². The normalized spacial score (nSPS) is 11.0. The molecule has 0 saturated heterocycles. The molecule has 13 nitrogen and oxygen atoms in total. The summed E-state index contributed by atoms with van der Waals surface area (Å²) in [7, 11) is 2.84. The van der Waals surface area contributed by atoms with Crippen LogP contribution in [-0.2, 0) is 25.6 Å². The minimum Gasteiger partial charge on any atom is -0.490 e. The van der Waals surface area contributed by atoms with Crippen LogP contribution in [0.4, 0.5) is 11.4 Å². The van der Waals surface area contributed by atoms with Gasteiger partial charge in [-0.3, -0.25) is 14.9 Å². The topological polar surface area (TPSA) is 154 Å². The first-order valence-corrected chi connectivity index (χ1v) is 15.6. The number of amides is 1. The number of nitro groups is 1. The number of carbonyl (C=O) groups is 2. The van der Waals surface area contributed by atoms with Crippen molar-refractivity contribution in [3.05, 3.63) is 99.6 Å². The van der Waals surface area contributed by atoms with E-state index in [2.05, 4.69) is 5.32 Å². The molecule has 0 aliphatic carbocycles. The van der Waals surface area contributed by atoms with Crippen molar-refractivity contribution in [1.29, 1.82) is 0 Å². The predicted octanol–water partition coefficient (Wildman–Crippen LogP) is 6.21. The van der Waals surface area contributed by atoms with Gasteiger partial charge in [-0.05, 0) is 54.4 Å². The maximum absolute atomic E-state index is 13.8. The van der Waals surface area contributed by atoms with Gasteiger partial charge in [0.05, 0.1) is 74.1 Å². The lowest BCUT2D eigenvalue weighted by molar-refractivity contribution is -0.386. The minimum absolute atomic E-state index is 0.00853. The zero-order valence-corrected chi connectivity index (χ0v) is 27.9. The van der Waals surface area contributed by atoms with Crippen LogP contribution < -0.4 is 19.5 Å². The maximum Gasteiger partial charge on any atom is 0.337 e. The van der Waals surface area contributed by atoms with Gasteiger partial charge in [0.25, 0.3) is 5.91 Å². The monoisotopic (exact) mass is 676 g/mol. The summed E-state index contributed by atoms with van der Waals surface area (Å²) < 4.78 is 38.3. The van der Waals surface area contributed by atoms with Crippen molar-refractivity contribution in [2.24, 2.45) is 0 Å². The Hall–Kier alpha value is -5.24. The summed E-state index contributed by atoms with van der Waals surface area (Å²) in [4.78, 5) is 37.6. The first kappa shape index (κ1) is 36.6. The number of nitrogens with one attached hydrogen (secondary N) is 1. The number of hydrogen-bond donors (Lipinski definition) is 1. The van der Waals surface area contributed by atoms with Crippen LogP contribution in [0.2, 0.25) is 0 Å².